The summed E-state index contributed by atoms with van der Waals surface area (Å²) >= 11 is 0. The van der Waals surface area contributed by atoms with E-state index in [1.165, 1.54) is 89.7 Å². The number of aliphatic hydroxyl groups is 1. The Morgan fingerprint density at radius 2 is 1.33 bits per heavy atom. The third kappa shape index (κ3) is 14.9. The molecule has 1 saturated heterocycles. The topological polar surface area (TPSA) is 42.0 Å². The van der Waals surface area contributed by atoms with Gasteiger partial charge in [-0.1, -0.05) is 90.4 Å². The fourth-order valence-corrected chi connectivity index (χ4v) is 3.00. The molecule has 0 aromatic heterocycles. The number of epoxide rings is 1. The molecule has 142 valence electrons. The Hall–Kier alpha value is -0.700. The Balaban J connectivity index is 1.68. The Bertz CT molecular complexity index is 297. The van der Waals surface area contributed by atoms with Gasteiger partial charge >= 0.3 is 0 Å². The molecule has 0 aliphatic carbocycles. The lowest BCUT2D eigenvalue weighted by Gasteiger charge is -2.04. The minimum absolute atomic E-state index is 0.228. The minimum atomic E-state index is 0.228. The number of unbranched alkanes of at least 4 members (excludes halogenated alkanes) is 13. The van der Waals surface area contributed by atoms with Gasteiger partial charge in [-0.3, -0.25) is 0 Å². The van der Waals surface area contributed by atoms with Crippen LogP contribution in [0.1, 0.15) is 103 Å². The molecule has 1 N–H and O–H groups in total. The summed E-state index contributed by atoms with van der Waals surface area (Å²) in [5, 5.41) is 9.53. The normalized spacial score (nSPS) is 17.2. The summed E-state index contributed by atoms with van der Waals surface area (Å²) in [5.41, 5.74) is 0. The molecule has 0 aromatic rings. The maximum atomic E-state index is 9.53. The van der Waals surface area contributed by atoms with Gasteiger partial charge in [-0.2, -0.15) is 0 Å². The van der Waals surface area contributed by atoms with Crippen LogP contribution in [0.3, 0.4) is 0 Å². The first-order valence-electron chi connectivity index (χ1n) is 10.4. The van der Waals surface area contributed by atoms with Gasteiger partial charge in [-0.15, -0.1) is 0 Å². The van der Waals surface area contributed by atoms with E-state index in [0.29, 0.717) is 18.8 Å². The van der Waals surface area contributed by atoms with Crippen molar-refractivity contribution in [2.24, 2.45) is 0 Å². The Morgan fingerprint density at radius 1 is 0.875 bits per heavy atom. The highest BCUT2D eigenvalue weighted by Crippen LogP contribution is 2.17. The summed E-state index contributed by atoms with van der Waals surface area (Å²) in [6.45, 7) is 3.77. The van der Waals surface area contributed by atoms with E-state index in [0.717, 1.165) is 13.0 Å². The molecule has 3 heteroatoms. The molecule has 0 spiro atoms. The van der Waals surface area contributed by atoms with Crippen molar-refractivity contribution in [2.75, 3.05) is 13.2 Å². The molecule has 1 unspecified atom stereocenters. The van der Waals surface area contributed by atoms with Gasteiger partial charge in [0.15, 0.2) is 0 Å². The predicted octanol–water partition coefficient (Wildman–Crippen LogP) is 6.67. The maximum Gasteiger partial charge on any atom is 0.129 e. The molecular formula is C21H40O3. The third-order valence-corrected chi connectivity index (χ3v) is 4.67. The van der Waals surface area contributed by atoms with Crippen molar-refractivity contribution in [2.45, 2.75) is 109 Å². The lowest BCUT2D eigenvalue weighted by molar-refractivity contribution is 0.216. The SMILES string of the molecule is CCCCCCCCCCCCCCCCO/C=C(\O)CC1CO1. The van der Waals surface area contributed by atoms with Gasteiger partial charge in [0.25, 0.3) is 0 Å². The highest BCUT2D eigenvalue weighted by Gasteiger charge is 2.23. The van der Waals surface area contributed by atoms with Crippen molar-refractivity contribution in [3.8, 4) is 0 Å². The molecule has 1 atom stereocenters. The summed E-state index contributed by atoms with van der Waals surface area (Å²) < 4.78 is 10.4. The fraction of sp³-hybridized carbons (Fsp3) is 0.905. The van der Waals surface area contributed by atoms with Crippen molar-refractivity contribution in [3.63, 3.8) is 0 Å². The van der Waals surface area contributed by atoms with E-state index < -0.39 is 0 Å². The van der Waals surface area contributed by atoms with Crippen LogP contribution in [-0.4, -0.2) is 24.4 Å². The van der Waals surface area contributed by atoms with Gasteiger partial charge < -0.3 is 14.6 Å². The minimum Gasteiger partial charge on any atom is -0.509 e. The van der Waals surface area contributed by atoms with Crippen molar-refractivity contribution < 1.29 is 14.6 Å². The molecule has 1 heterocycles. The second-order valence-corrected chi connectivity index (χ2v) is 7.24. The van der Waals surface area contributed by atoms with Crippen LogP contribution in [0.2, 0.25) is 0 Å². The first-order valence-corrected chi connectivity index (χ1v) is 10.4. The first-order chi connectivity index (χ1) is 11.8. The molecule has 1 fully saturated rings. The highest BCUT2D eigenvalue weighted by atomic mass is 16.6. The van der Waals surface area contributed by atoms with E-state index in [-0.39, 0.29) is 6.10 Å². The second kappa shape index (κ2) is 15.8. The summed E-state index contributed by atoms with van der Waals surface area (Å²) in [6, 6.07) is 0. The molecule has 24 heavy (non-hydrogen) atoms. The van der Waals surface area contributed by atoms with Gasteiger partial charge in [-0.25, -0.2) is 0 Å². The lowest BCUT2D eigenvalue weighted by atomic mass is 10.0. The standard InChI is InChI=1S/C21H40O3/c1-2-3-4-5-6-7-8-9-10-11-12-13-14-15-16-23-18-20(22)17-21-19-24-21/h18,21-22H,2-17,19H2,1H3/b20-18-. The van der Waals surface area contributed by atoms with Crippen molar-refractivity contribution in [1.29, 1.82) is 0 Å². The molecule has 1 aliphatic rings. The van der Waals surface area contributed by atoms with Gasteiger partial charge in [0.2, 0.25) is 0 Å². The zero-order valence-electron chi connectivity index (χ0n) is 15.9. The number of ether oxygens (including phenoxy) is 2. The van der Waals surface area contributed by atoms with Crippen LogP contribution in [0.25, 0.3) is 0 Å². The van der Waals surface area contributed by atoms with Crippen LogP contribution < -0.4 is 0 Å². The molecule has 0 radical (unpaired) electrons. The van der Waals surface area contributed by atoms with Gasteiger partial charge in [0.05, 0.1) is 19.3 Å². The van der Waals surface area contributed by atoms with Gasteiger partial charge in [0, 0.05) is 6.42 Å². The lowest BCUT2D eigenvalue weighted by Crippen LogP contribution is -1.93. The van der Waals surface area contributed by atoms with Crippen LogP contribution in [0.15, 0.2) is 12.0 Å². The zero-order valence-corrected chi connectivity index (χ0v) is 15.9. The van der Waals surface area contributed by atoms with E-state index in [2.05, 4.69) is 6.92 Å². The second-order valence-electron chi connectivity index (χ2n) is 7.24. The van der Waals surface area contributed by atoms with E-state index >= 15 is 0 Å². The van der Waals surface area contributed by atoms with Crippen molar-refractivity contribution >= 4 is 0 Å². The largest absolute Gasteiger partial charge is 0.509 e. The highest BCUT2D eigenvalue weighted by molar-refractivity contribution is 4.91. The van der Waals surface area contributed by atoms with Gasteiger partial charge in [0.1, 0.15) is 12.0 Å². The number of hydrogen-bond donors (Lipinski definition) is 1. The Kier molecular flexibility index (Phi) is 14.1. The van der Waals surface area contributed by atoms with Crippen LogP contribution in [0, 0.1) is 0 Å². The molecule has 0 saturated carbocycles. The Morgan fingerprint density at radius 3 is 1.79 bits per heavy atom. The van der Waals surface area contributed by atoms with E-state index in [1.807, 2.05) is 0 Å². The van der Waals surface area contributed by atoms with E-state index in [4.69, 9.17) is 9.47 Å². The third-order valence-electron chi connectivity index (χ3n) is 4.67. The average molecular weight is 341 g/mol. The van der Waals surface area contributed by atoms with Gasteiger partial charge in [-0.05, 0) is 6.42 Å². The van der Waals surface area contributed by atoms with Crippen LogP contribution >= 0.6 is 0 Å². The number of aliphatic hydroxyl groups excluding tert-OH is 1. The average Bonchev–Trinajstić information content (AvgIpc) is 3.38. The zero-order chi connectivity index (χ0) is 17.3. The van der Waals surface area contributed by atoms with E-state index in [9.17, 15) is 5.11 Å². The monoisotopic (exact) mass is 340 g/mol. The summed E-state index contributed by atoms with van der Waals surface area (Å²) in [6.07, 6.45) is 21.5. The number of rotatable bonds is 18. The molecular weight excluding hydrogens is 300 g/mol. The molecule has 1 aliphatic heterocycles. The summed E-state index contributed by atoms with van der Waals surface area (Å²) in [7, 11) is 0. The van der Waals surface area contributed by atoms with Crippen molar-refractivity contribution in [1.82, 2.24) is 0 Å². The molecule has 1 rings (SSSR count). The molecule has 0 bridgehead atoms. The smallest absolute Gasteiger partial charge is 0.129 e. The van der Waals surface area contributed by atoms with Crippen LogP contribution in [0.5, 0.6) is 0 Å². The first kappa shape index (κ1) is 21.3. The molecule has 0 aromatic carbocycles. The quantitative estimate of drug-likeness (QED) is 0.172. The number of hydrogen-bond acceptors (Lipinski definition) is 3. The van der Waals surface area contributed by atoms with E-state index in [1.54, 1.807) is 0 Å². The Labute approximate surface area is 149 Å². The summed E-state index contributed by atoms with van der Waals surface area (Å²) in [5.74, 6) is 0.308. The maximum absolute atomic E-state index is 9.53. The molecule has 0 amide bonds. The predicted molar refractivity (Wildman–Crippen MR) is 101 cm³/mol. The van der Waals surface area contributed by atoms with Crippen LogP contribution in [0.4, 0.5) is 0 Å². The molecule has 3 nitrogen and oxygen atoms in total. The fourth-order valence-electron chi connectivity index (χ4n) is 3.00. The summed E-state index contributed by atoms with van der Waals surface area (Å²) in [4.78, 5) is 0. The van der Waals surface area contributed by atoms with Crippen molar-refractivity contribution in [3.05, 3.63) is 12.0 Å². The van der Waals surface area contributed by atoms with Crippen LogP contribution in [-0.2, 0) is 9.47 Å².